The maximum absolute atomic E-state index is 11.2. The molecule has 0 unspecified atom stereocenters. The molecule has 1 aromatic carbocycles. The third-order valence-corrected chi connectivity index (χ3v) is 2.15. The van der Waals surface area contributed by atoms with Gasteiger partial charge in [-0.2, -0.15) is 0 Å². The Balaban J connectivity index is 2.37. The van der Waals surface area contributed by atoms with Crippen molar-refractivity contribution in [3.63, 3.8) is 0 Å². The zero-order valence-corrected chi connectivity index (χ0v) is 7.66. The number of ether oxygens (including phenoxy) is 1. The average Bonchev–Trinajstić information content (AvgIpc) is 2.55. The summed E-state index contributed by atoms with van der Waals surface area (Å²) in [5.41, 5.74) is 2.10. The van der Waals surface area contributed by atoms with E-state index >= 15 is 0 Å². The highest BCUT2D eigenvalue weighted by Gasteiger charge is 2.18. The van der Waals surface area contributed by atoms with Crippen LogP contribution in [0.3, 0.4) is 0 Å². The van der Waals surface area contributed by atoms with E-state index in [-0.39, 0.29) is 11.9 Å². The van der Waals surface area contributed by atoms with Crippen LogP contribution >= 0.6 is 0 Å². The molecule has 0 fully saturated rings. The fraction of sp³-hybridized carbons (Fsp3) is 0.200. The minimum atomic E-state index is -0.382. The second kappa shape index (κ2) is 3.14. The Labute approximate surface area is 80.9 Å². The van der Waals surface area contributed by atoms with Gasteiger partial charge >= 0.3 is 5.97 Å². The van der Waals surface area contributed by atoms with Crippen LogP contribution in [0.1, 0.15) is 15.9 Å². The first-order valence-corrected chi connectivity index (χ1v) is 4.22. The van der Waals surface area contributed by atoms with Crippen LogP contribution in [0.5, 0.6) is 0 Å². The molecule has 4 nitrogen and oxygen atoms in total. The number of carbonyl (C=O) groups excluding carboxylic acids is 2. The number of amides is 1. The SMILES string of the molecule is COC(=O)c1ccc2c(c1)CC(=O)N2. The standard InChI is InChI=1S/C10H9NO3/c1-14-10(13)6-2-3-8-7(4-6)5-9(12)11-8/h2-4H,5H2,1H3,(H,11,12). The zero-order valence-electron chi connectivity index (χ0n) is 7.66. The molecule has 0 bridgehead atoms. The lowest BCUT2D eigenvalue weighted by Crippen LogP contribution is -2.03. The molecule has 4 heteroatoms. The van der Waals surface area contributed by atoms with Gasteiger partial charge in [0.25, 0.3) is 0 Å². The average molecular weight is 191 g/mol. The van der Waals surface area contributed by atoms with Gasteiger partial charge in [0, 0.05) is 5.69 Å². The van der Waals surface area contributed by atoms with Crippen LogP contribution in [-0.2, 0) is 16.0 Å². The lowest BCUT2D eigenvalue weighted by atomic mass is 10.1. The van der Waals surface area contributed by atoms with Gasteiger partial charge in [-0.25, -0.2) is 4.79 Å². The first-order chi connectivity index (χ1) is 6.70. The van der Waals surface area contributed by atoms with Crippen molar-refractivity contribution in [1.29, 1.82) is 0 Å². The summed E-state index contributed by atoms with van der Waals surface area (Å²) in [7, 11) is 1.33. The van der Waals surface area contributed by atoms with Crippen molar-refractivity contribution in [1.82, 2.24) is 0 Å². The van der Waals surface area contributed by atoms with Crippen LogP contribution in [0, 0.1) is 0 Å². The molecule has 0 radical (unpaired) electrons. The van der Waals surface area contributed by atoms with E-state index in [0.29, 0.717) is 12.0 Å². The number of benzene rings is 1. The number of nitrogens with one attached hydrogen (secondary N) is 1. The molecule has 0 aromatic heterocycles. The lowest BCUT2D eigenvalue weighted by molar-refractivity contribution is -0.115. The highest BCUT2D eigenvalue weighted by Crippen LogP contribution is 2.23. The molecule has 2 rings (SSSR count). The Morgan fingerprint density at radius 3 is 3.00 bits per heavy atom. The fourth-order valence-electron chi connectivity index (χ4n) is 1.47. The molecule has 0 saturated heterocycles. The number of fused-ring (bicyclic) bond motifs is 1. The maximum atomic E-state index is 11.2. The Hall–Kier alpha value is -1.84. The van der Waals surface area contributed by atoms with Crippen LogP contribution in [0.2, 0.25) is 0 Å². The zero-order chi connectivity index (χ0) is 10.1. The van der Waals surface area contributed by atoms with Crippen LogP contribution in [0.4, 0.5) is 5.69 Å². The van der Waals surface area contributed by atoms with Crippen LogP contribution in [-0.4, -0.2) is 19.0 Å². The van der Waals surface area contributed by atoms with Gasteiger partial charge in [0.15, 0.2) is 0 Å². The maximum Gasteiger partial charge on any atom is 0.337 e. The molecule has 0 atom stereocenters. The number of esters is 1. The molecule has 72 valence electrons. The largest absolute Gasteiger partial charge is 0.465 e. The molecule has 1 aliphatic rings. The van der Waals surface area contributed by atoms with Crippen molar-refractivity contribution in [2.45, 2.75) is 6.42 Å². The monoisotopic (exact) mass is 191 g/mol. The molecule has 14 heavy (non-hydrogen) atoms. The van der Waals surface area contributed by atoms with Gasteiger partial charge < -0.3 is 10.1 Å². The summed E-state index contributed by atoms with van der Waals surface area (Å²) < 4.78 is 4.58. The van der Waals surface area contributed by atoms with Gasteiger partial charge in [-0.1, -0.05) is 0 Å². The Kier molecular flexibility index (Phi) is 1.96. The minimum Gasteiger partial charge on any atom is -0.465 e. The summed E-state index contributed by atoms with van der Waals surface area (Å²) >= 11 is 0. The lowest BCUT2D eigenvalue weighted by Gasteiger charge is -2.01. The smallest absolute Gasteiger partial charge is 0.337 e. The minimum absolute atomic E-state index is 0.0398. The van der Waals surface area contributed by atoms with E-state index in [0.717, 1.165) is 11.3 Å². The van der Waals surface area contributed by atoms with Crippen molar-refractivity contribution in [2.24, 2.45) is 0 Å². The number of hydrogen-bond donors (Lipinski definition) is 1. The fourth-order valence-corrected chi connectivity index (χ4v) is 1.47. The van der Waals surface area contributed by atoms with Crippen molar-refractivity contribution in [3.05, 3.63) is 29.3 Å². The van der Waals surface area contributed by atoms with Crippen molar-refractivity contribution < 1.29 is 14.3 Å². The summed E-state index contributed by atoms with van der Waals surface area (Å²) in [6.45, 7) is 0. The van der Waals surface area contributed by atoms with Gasteiger partial charge in [-0.3, -0.25) is 4.79 Å². The Morgan fingerprint density at radius 2 is 2.29 bits per heavy atom. The topological polar surface area (TPSA) is 55.4 Å². The van der Waals surface area contributed by atoms with Crippen LogP contribution < -0.4 is 5.32 Å². The number of anilines is 1. The summed E-state index contributed by atoms with van der Waals surface area (Å²) in [4.78, 5) is 22.2. The Morgan fingerprint density at radius 1 is 1.50 bits per heavy atom. The predicted octanol–water partition coefficient (Wildman–Crippen LogP) is 0.968. The van der Waals surface area contributed by atoms with Crippen molar-refractivity contribution in [2.75, 3.05) is 12.4 Å². The molecule has 1 aliphatic heterocycles. The number of carbonyl (C=O) groups is 2. The van der Waals surface area contributed by atoms with Crippen molar-refractivity contribution >= 4 is 17.6 Å². The van der Waals surface area contributed by atoms with E-state index in [4.69, 9.17) is 0 Å². The first-order valence-electron chi connectivity index (χ1n) is 4.22. The van der Waals surface area contributed by atoms with Gasteiger partial charge in [0.1, 0.15) is 0 Å². The molecular weight excluding hydrogens is 182 g/mol. The molecule has 1 aromatic rings. The van der Waals surface area contributed by atoms with Gasteiger partial charge in [0.05, 0.1) is 19.1 Å². The molecule has 0 saturated carbocycles. The number of hydrogen-bond acceptors (Lipinski definition) is 3. The van der Waals surface area contributed by atoms with E-state index in [1.165, 1.54) is 7.11 Å². The van der Waals surface area contributed by atoms with Crippen LogP contribution in [0.25, 0.3) is 0 Å². The van der Waals surface area contributed by atoms with E-state index in [1.807, 2.05) is 0 Å². The normalized spacial score (nSPS) is 13.4. The third-order valence-electron chi connectivity index (χ3n) is 2.15. The molecule has 0 aliphatic carbocycles. The summed E-state index contributed by atoms with van der Waals surface area (Å²) in [5, 5.41) is 2.69. The van der Waals surface area contributed by atoms with Crippen molar-refractivity contribution in [3.8, 4) is 0 Å². The Bertz CT molecular complexity index is 412. The van der Waals surface area contributed by atoms with Gasteiger partial charge in [-0.15, -0.1) is 0 Å². The highest BCUT2D eigenvalue weighted by molar-refractivity contribution is 6.00. The highest BCUT2D eigenvalue weighted by atomic mass is 16.5. The van der Waals surface area contributed by atoms with Gasteiger partial charge in [-0.05, 0) is 23.8 Å². The van der Waals surface area contributed by atoms with E-state index in [1.54, 1.807) is 18.2 Å². The van der Waals surface area contributed by atoms with E-state index in [2.05, 4.69) is 10.1 Å². The van der Waals surface area contributed by atoms with Gasteiger partial charge in [0.2, 0.25) is 5.91 Å². The summed E-state index contributed by atoms with van der Waals surface area (Å²) in [6.07, 6.45) is 0.333. The molecule has 0 spiro atoms. The predicted molar refractivity (Wildman–Crippen MR) is 50.1 cm³/mol. The second-order valence-electron chi connectivity index (χ2n) is 3.09. The summed E-state index contributed by atoms with van der Waals surface area (Å²) in [5.74, 6) is -0.422. The first kappa shape index (κ1) is 8.74. The second-order valence-corrected chi connectivity index (χ2v) is 3.09. The van der Waals surface area contributed by atoms with E-state index in [9.17, 15) is 9.59 Å². The molecular formula is C10H9NO3. The summed E-state index contributed by atoms with van der Waals surface area (Å²) in [6, 6.07) is 5.03. The van der Waals surface area contributed by atoms with Crippen LogP contribution in [0.15, 0.2) is 18.2 Å². The molecule has 1 heterocycles. The number of methoxy groups -OCH3 is 1. The number of rotatable bonds is 1. The quantitative estimate of drug-likeness (QED) is 0.673. The van der Waals surface area contributed by atoms with E-state index < -0.39 is 0 Å². The molecule has 1 N–H and O–H groups in total. The third kappa shape index (κ3) is 1.35. The molecule has 1 amide bonds.